The van der Waals surface area contributed by atoms with Crippen LogP contribution in [0.4, 0.5) is 0 Å². The van der Waals surface area contributed by atoms with Gasteiger partial charge < -0.3 is 10.6 Å². The van der Waals surface area contributed by atoms with E-state index in [9.17, 15) is 9.59 Å². The van der Waals surface area contributed by atoms with Crippen molar-refractivity contribution < 1.29 is 14.8 Å². The minimum Gasteiger partial charge on any atom is -0.356 e. The van der Waals surface area contributed by atoms with Gasteiger partial charge in [-0.25, -0.2) is 5.48 Å². The zero-order valence-electron chi connectivity index (χ0n) is 16.6. The monoisotopic (exact) mass is 435 g/mol. The summed E-state index contributed by atoms with van der Waals surface area (Å²) < 4.78 is 0. The van der Waals surface area contributed by atoms with Crippen molar-refractivity contribution in [2.24, 2.45) is 5.92 Å². The van der Waals surface area contributed by atoms with E-state index in [1.54, 1.807) is 5.48 Å². The molecule has 2 unspecified atom stereocenters. The van der Waals surface area contributed by atoms with Gasteiger partial charge in [-0.2, -0.15) is 0 Å². The number of halogens is 2. The number of unbranched alkanes of at least 4 members (excludes halogenated alkanes) is 3. The minimum absolute atomic E-state index is 0.107. The Kier molecular flexibility index (Phi) is 10.9. The third kappa shape index (κ3) is 8.05. The van der Waals surface area contributed by atoms with E-state index in [4.69, 9.17) is 28.4 Å². The van der Waals surface area contributed by atoms with Crippen molar-refractivity contribution in [2.45, 2.75) is 99.9 Å². The van der Waals surface area contributed by atoms with Crippen LogP contribution in [-0.4, -0.2) is 46.4 Å². The Hall–Kier alpha value is -0.560. The highest BCUT2D eigenvalue weighted by molar-refractivity contribution is 6.24. The van der Waals surface area contributed by atoms with Gasteiger partial charge in [-0.15, -0.1) is 23.2 Å². The Balaban J connectivity index is 1.55. The second kappa shape index (κ2) is 12.9. The third-order valence-corrected chi connectivity index (χ3v) is 7.00. The molecule has 0 aromatic heterocycles. The highest BCUT2D eigenvalue weighted by Gasteiger charge is 2.34. The van der Waals surface area contributed by atoms with Gasteiger partial charge in [-0.1, -0.05) is 19.3 Å². The molecule has 0 radical (unpaired) electrons. The molecule has 0 bridgehead atoms. The summed E-state index contributed by atoms with van der Waals surface area (Å²) in [6.45, 7) is 0.688. The maximum Gasteiger partial charge on any atom is 0.243 e. The smallest absolute Gasteiger partial charge is 0.243 e. The number of hydrogen-bond acceptors (Lipinski definition) is 4. The first-order valence-electron chi connectivity index (χ1n) is 10.8. The number of nitrogens with one attached hydrogen (secondary N) is 3. The summed E-state index contributed by atoms with van der Waals surface area (Å²) in [5, 5.41) is 15.3. The van der Waals surface area contributed by atoms with Crippen LogP contribution < -0.4 is 16.1 Å². The van der Waals surface area contributed by atoms with Crippen molar-refractivity contribution in [3.8, 4) is 0 Å². The van der Waals surface area contributed by atoms with Crippen LogP contribution in [0.3, 0.4) is 0 Å². The first-order chi connectivity index (χ1) is 13.5. The number of carbonyl (C=O) groups excluding carboxylic acids is 2. The SMILES string of the molecule is O=C(CCCCCCNC(=O)C1CCC(NC2C(Cl)CCCC2Cl)CC1)NO. The molecule has 2 rings (SSSR count). The Morgan fingerprint density at radius 2 is 1.54 bits per heavy atom. The summed E-state index contributed by atoms with van der Waals surface area (Å²) in [5.74, 6) is -0.0671. The van der Waals surface area contributed by atoms with Crippen LogP contribution in [0, 0.1) is 5.92 Å². The van der Waals surface area contributed by atoms with Crippen molar-refractivity contribution in [3.05, 3.63) is 0 Å². The van der Waals surface area contributed by atoms with Crippen molar-refractivity contribution in [1.29, 1.82) is 0 Å². The van der Waals surface area contributed by atoms with Crippen LogP contribution in [0.5, 0.6) is 0 Å². The normalized spacial score (nSPS) is 30.6. The van der Waals surface area contributed by atoms with Gasteiger partial charge in [0, 0.05) is 31.0 Å². The van der Waals surface area contributed by atoms with Gasteiger partial charge in [-0.05, 0) is 51.4 Å². The molecule has 0 aromatic carbocycles. The molecular formula is C20H35Cl2N3O3. The second-order valence-corrected chi connectivity index (χ2v) is 9.32. The topological polar surface area (TPSA) is 90.5 Å². The molecule has 2 saturated carbocycles. The Labute approximate surface area is 178 Å². The lowest BCUT2D eigenvalue weighted by molar-refractivity contribution is -0.129. The molecule has 162 valence electrons. The van der Waals surface area contributed by atoms with E-state index in [0.29, 0.717) is 19.0 Å². The van der Waals surface area contributed by atoms with Gasteiger partial charge in [0.2, 0.25) is 11.8 Å². The molecule has 4 N–H and O–H groups in total. The van der Waals surface area contributed by atoms with E-state index in [1.807, 2.05) is 0 Å². The first kappa shape index (κ1) is 23.7. The molecule has 0 aromatic rings. The van der Waals surface area contributed by atoms with Gasteiger partial charge in [0.05, 0.1) is 10.8 Å². The van der Waals surface area contributed by atoms with Crippen LogP contribution in [-0.2, 0) is 9.59 Å². The highest BCUT2D eigenvalue weighted by Crippen LogP contribution is 2.30. The Morgan fingerprint density at radius 3 is 2.18 bits per heavy atom. The number of amides is 2. The first-order valence-corrected chi connectivity index (χ1v) is 11.6. The van der Waals surface area contributed by atoms with Crippen molar-refractivity contribution >= 4 is 35.0 Å². The van der Waals surface area contributed by atoms with E-state index < -0.39 is 0 Å². The predicted molar refractivity (Wildman–Crippen MR) is 112 cm³/mol. The molecule has 0 heterocycles. The standard InChI is InChI=1S/C20H35Cl2N3O3/c21-16-6-5-7-17(22)19(16)24-15-11-9-14(10-12-15)20(27)23-13-4-2-1-3-8-18(26)25-28/h14-17,19,24,28H,1-13H2,(H,23,27)(H,25,26). The molecule has 0 aliphatic heterocycles. The zero-order valence-corrected chi connectivity index (χ0v) is 18.1. The summed E-state index contributed by atoms with van der Waals surface area (Å²) in [6, 6.07) is 0.585. The van der Waals surface area contributed by atoms with E-state index >= 15 is 0 Å². The molecule has 2 fully saturated rings. The van der Waals surface area contributed by atoms with Crippen LogP contribution in [0.15, 0.2) is 0 Å². The van der Waals surface area contributed by atoms with Crippen LogP contribution in [0.25, 0.3) is 0 Å². The highest BCUT2D eigenvalue weighted by atomic mass is 35.5. The summed E-state index contributed by atoms with van der Waals surface area (Å²) in [6.07, 6.45) is 10.9. The quantitative estimate of drug-likeness (QED) is 0.183. The predicted octanol–water partition coefficient (Wildman–Crippen LogP) is 3.47. The summed E-state index contributed by atoms with van der Waals surface area (Å²) >= 11 is 12.9. The molecule has 2 atom stereocenters. The average Bonchev–Trinajstić information content (AvgIpc) is 2.70. The van der Waals surface area contributed by atoms with Crippen molar-refractivity contribution in [2.75, 3.05) is 6.54 Å². The zero-order chi connectivity index (χ0) is 20.4. The maximum atomic E-state index is 12.4. The molecule has 6 nitrogen and oxygen atoms in total. The number of alkyl halides is 2. The van der Waals surface area contributed by atoms with Gasteiger partial charge in [0.1, 0.15) is 0 Å². The number of rotatable bonds is 10. The molecular weight excluding hydrogens is 401 g/mol. The van der Waals surface area contributed by atoms with Crippen LogP contribution in [0.1, 0.15) is 77.0 Å². The van der Waals surface area contributed by atoms with Crippen molar-refractivity contribution in [3.63, 3.8) is 0 Å². The van der Waals surface area contributed by atoms with E-state index in [2.05, 4.69) is 10.6 Å². The number of carbonyl (C=O) groups is 2. The Bertz CT molecular complexity index is 477. The molecule has 28 heavy (non-hydrogen) atoms. The molecule has 2 aliphatic rings. The molecule has 0 saturated heterocycles. The number of hydroxylamine groups is 1. The fourth-order valence-electron chi connectivity index (χ4n) is 4.27. The lowest BCUT2D eigenvalue weighted by Gasteiger charge is -2.37. The lowest BCUT2D eigenvalue weighted by Crippen LogP contribution is -2.52. The minimum atomic E-state index is -0.343. The van der Waals surface area contributed by atoms with Crippen LogP contribution in [0.2, 0.25) is 0 Å². The summed E-state index contributed by atoms with van der Waals surface area (Å²) in [5.41, 5.74) is 1.63. The Morgan fingerprint density at radius 1 is 0.893 bits per heavy atom. The molecule has 2 aliphatic carbocycles. The fourth-order valence-corrected chi connectivity index (χ4v) is 5.15. The largest absolute Gasteiger partial charge is 0.356 e. The summed E-state index contributed by atoms with van der Waals surface area (Å²) in [7, 11) is 0. The second-order valence-electron chi connectivity index (χ2n) is 8.19. The van der Waals surface area contributed by atoms with E-state index in [-0.39, 0.29) is 34.5 Å². The molecule has 8 heteroatoms. The fraction of sp³-hybridized carbons (Fsp3) is 0.900. The van der Waals surface area contributed by atoms with Crippen molar-refractivity contribution in [1.82, 2.24) is 16.1 Å². The molecule has 2 amide bonds. The lowest BCUT2D eigenvalue weighted by atomic mass is 9.84. The number of hydrogen-bond donors (Lipinski definition) is 4. The van der Waals surface area contributed by atoms with E-state index in [1.165, 1.54) is 0 Å². The van der Waals surface area contributed by atoms with Crippen LogP contribution >= 0.6 is 23.2 Å². The molecule has 0 spiro atoms. The third-order valence-electron chi connectivity index (χ3n) is 6.02. The van der Waals surface area contributed by atoms with Gasteiger partial charge in [0.25, 0.3) is 0 Å². The van der Waals surface area contributed by atoms with Gasteiger partial charge in [0.15, 0.2) is 0 Å². The average molecular weight is 436 g/mol. The van der Waals surface area contributed by atoms with E-state index in [0.717, 1.165) is 70.6 Å². The van der Waals surface area contributed by atoms with Gasteiger partial charge >= 0.3 is 0 Å². The van der Waals surface area contributed by atoms with Gasteiger partial charge in [-0.3, -0.25) is 14.8 Å². The maximum absolute atomic E-state index is 12.4. The summed E-state index contributed by atoms with van der Waals surface area (Å²) in [4.78, 5) is 23.3.